The lowest BCUT2D eigenvalue weighted by Gasteiger charge is -2.06. The zero-order valence-electron chi connectivity index (χ0n) is 11.0. The van der Waals surface area contributed by atoms with Crippen molar-refractivity contribution in [3.05, 3.63) is 69.7 Å². The standard InChI is InChI=1S/C17H17BrO/c1-13-15(10-6-11-16(13)18)17(19)12-5-9-14-7-3-2-4-8-14/h2-4,6-8,10-11H,5,9,12H2,1H3. The van der Waals surface area contributed by atoms with E-state index in [1.54, 1.807) is 0 Å². The highest BCUT2D eigenvalue weighted by Crippen LogP contribution is 2.21. The summed E-state index contributed by atoms with van der Waals surface area (Å²) in [6, 6.07) is 16.1. The minimum absolute atomic E-state index is 0.231. The molecule has 0 bridgehead atoms. The molecule has 98 valence electrons. The average molecular weight is 317 g/mol. The Morgan fingerprint density at radius 2 is 1.79 bits per heavy atom. The van der Waals surface area contributed by atoms with Gasteiger partial charge in [-0.25, -0.2) is 0 Å². The zero-order valence-corrected chi connectivity index (χ0v) is 12.6. The van der Waals surface area contributed by atoms with Crippen molar-refractivity contribution in [2.75, 3.05) is 0 Å². The molecule has 0 spiro atoms. The van der Waals surface area contributed by atoms with Gasteiger partial charge in [0.1, 0.15) is 0 Å². The van der Waals surface area contributed by atoms with E-state index in [4.69, 9.17) is 0 Å². The lowest BCUT2D eigenvalue weighted by atomic mass is 9.99. The molecule has 0 heterocycles. The van der Waals surface area contributed by atoms with Gasteiger partial charge in [-0.3, -0.25) is 4.79 Å². The molecule has 0 amide bonds. The number of ketones is 1. The number of hydrogen-bond acceptors (Lipinski definition) is 1. The van der Waals surface area contributed by atoms with Gasteiger partial charge in [0.15, 0.2) is 5.78 Å². The number of benzene rings is 2. The smallest absolute Gasteiger partial charge is 0.163 e. The first-order chi connectivity index (χ1) is 9.18. The molecule has 0 fully saturated rings. The van der Waals surface area contributed by atoms with Crippen molar-refractivity contribution in [1.29, 1.82) is 0 Å². The lowest BCUT2D eigenvalue weighted by molar-refractivity contribution is 0.0979. The fourth-order valence-electron chi connectivity index (χ4n) is 2.14. The van der Waals surface area contributed by atoms with E-state index in [2.05, 4.69) is 28.1 Å². The molecule has 0 aliphatic rings. The Kier molecular flexibility index (Phi) is 4.92. The SMILES string of the molecule is Cc1c(Br)cccc1C(=O)CCCc1ccccc1. The maximum absolute atomic E-state index is 12.2. The molecular formula is C17H17BrO. The second-order valence-electron chi connectivity index (χ2n) is 4.67. The van der Waals surface area contributed by atoms with Crippen LogP contribution in [-0.4, -0.2) is 5.78 Å². The number of rotatable bonds is 5. The van der Waals surface area contributed by atoms with Gasteiger partial charge in [-0.1, -0.05) is 58.4 Å². The second kappa shape index (κ2) is 6.67. The first-order valence-corrected chi connectivity index (χ1v) is 7.30. The largest absolute Gasteiger partial charge is 0.294 e. The van der Waals surface area contributed by atoms with Gasteiger partial charge >= 0.3 is 0 Å². The summed E-state index contributed by atoms with van der Waals surface area (Å²) in [6.45, 7) is 1.98. The summed E-state index contributed by atoms with van der Waals surface area (Å²) in [5, 5.41) is 0. The van der Waals surface area contributed by atoms with Crippen LogP contribution in [0.25, 0.3) is 0 Å². The molecule has 0 saturated carbocycles. The first kappa shape index (κ1) is 14.0. The van der Waals surface area contributed by atoms with E-state index in [0.717, 1.165) is 28.4 Å². The first-order valence-electron chi connectivity index (χ1n) is 6.50. The molecular weight excluding hydrogens is 300 g/mol. The molecule has 0 N–H and O–H groups in total. The van der Waals surface area contributed by atoms with E-state index in [1.165, 1.54) is 5.56 Å². The molecule has 2 aromatic carbocycles. The minimum atomic E-state index is 0.231. The maximum Gasteiger partial charge on any atom is 0.163 e. The predicted octanol–water partition coefficient (Wildman–Crippen LogP) is 4.96. The van der Waals surface area contributed by atoms with Gasteiger partial charge in [-0.2, -0.15) is 0 Å². The van der Waals surface area contributed by atoms with Crippen LogP contribution in [0.3, 0.4) is 0 Å². The molecule has 0 atom stereocenters. The fraction of sp³-hybridized carbons (Fsp3) is 0.235. The highest BCUT2D eigenvalue weighted by Gasteiger charge is 2.10. The van der Waals surface area contributed by atoms with Crippen molar-refractivity contribution in [2.45, 2.75) is 26.2 Å². The van der Waals surface area contributed by atoms with Crippen LogP contribution in [0.4, 0.5) is 0 Å². The third kappa shape index (κ3) is 3.77. The van der Waals surface area contributed by atoms with E-state index in [-0.39, 0.29) is 5.78 Å². The Hall–Kier alpha value is -1.41. The van der Waals surface area contributed by atoms with E-state index >= 15 is 0 Å². The molecule has 0 radical (unpaired) electrons. The summed E-state index contributed by atoms with van der Waals surface area (Å²) in [4.78, 5) is 12.2. The Morgan fingerprint density at radius 3 is 2.53 bits per heavy atom. The monoisotopic (exact) mass is 316 g/mol. The Balaban J connectivity index is 1.93. The van der Waals surface area contributed by atoms with E-state index in [1.807, 2.05) is 43.3 Å². The quantitative estimate of drug-likeness (QED) is 0.712. The van der Waals surface area contributed by atoms with Crippen LogP contribution >= 0.6 is 15.9 Å². The molecule has 0 aromatic heterocycles. The summed E-state index contributed by atoms with van der Waals surface area (Å²) in [5.74, 6) is 0.231. The summed E-state index contributed by atoms with van der Waals surface area (Å²) >= 11 is 3.47. The maximum atomic E-state index is 12.2. The van der Waals surface area contributed by atoms with Crippen molar-refractivity contribution in [3.8, 4) is 0 Å². The Labute approximate surface area is 122 Å². The molecule has 2 heteroatoms. The summed E-state index contributed by atoms with van der Waals surface area (Å²) < 4.78 is 1.00. The van der Waals surface area contributed by atoms with Gasteiger partial charge in [0.2, 0.25) is 0 Å². The number of Topliss-reactive ketones (excluding diaryl/α,β-unsaturated/α-hetero) is 1. The summed E-state index contributed by atoms with van der Waals surface area (Å²) in [7, 11) is 0. The summed E-state index contributed by atoms with van der Waals surface area (Å²) in [6.07, 6.45) is 2.46. The number of hydrogen-bond donors (Lipinski definition) is 0. The van der Waals surface area contributed by atoms with Crippen molar-refractivity contribution in [1.82, 2.24) is 0 Å². The van der Waals surface area contributed by atoms with Crippen molar-refractivity contribution < 1.29 is 4.79 Å². The van der Waals surface area contributed by atoms with Crippen molar-refractivity contribution >= 4 is 21.7 Å². The predicted molar refractivity (Wildman–Crippen MR) is 82.6 cm³/mol. The van der Waals surface area contributed by atoms with Crippen molar-refractivity contribution in [3.63, 3.8) is 0 Å². The minimum Gasteiger partial charge on any atom is -0.294 e. The van der Waals surface area contributed by atoms with Gasteiger partial charge in [0.25, 0.3) is 0 Å². The molecule has 19 heavy (non-hydrogen) atoms. The molecule has 1 nitrogen and oxygen atoms in total. The molecule has 0 aliphatic heterocycles. The molecule has 2 rings (SSSR count). The lowest BCUT2D eigenvalue weighted by Crippen LogP contribution is -2.02. The number of carbonyl (C=O) groups is 1. The third-order valence-electron chi connectivity index (χ3n) is 3.28. The number of carbonyl (C=O) groups excluding carboxylic acids is 1. The van der Waals surface area contributed by atoms with Crippen LogP contribution in [0.2, 0.25) is 0 Å². The molecule has 2 aromatic rings. The van der Waals surface area contributed by atoms with Crippen LogP contribution in [0.5, 0.6) is 0 Å². The number of halogens is 1. The van der Waals surface area contributed by atoms with Crippen molar-refractivity contribution in [2.24, 2.45) is 0 Å². The second-order valence-corrected chi connectivity index (χ2v) is 5.53. The number of aryl methyl sites for hydroxylation is 1. The summed E-state index contributed by atoms with van der Waals surface area (Å²) in [5.41, 5.74) is 3.16. The van der Waals surface area contributed by atoms with Gasteiger partial charge in [-0.15, -0.1) is 0 Å². The van der Waals surface area contributed by atoms with Gasteiger partial charge in [-0.05, 0) is 37.0 Å². The van der Waals surface area contributed by atoms with Crippen LogP contribution in [0, 0.1) is 6.92 Å². The third-order valence-corrected chi connectivity index (χ3v) is 4.14. The van der Waals surface area contributed by atoms with E-state index in [0.29, 0.717) is 6.42 Å². The van der Waals surface area contributed by atoms with Crippen LogP contribution < -0.4 is 0 Å². The van der Waals surface area contributed by atoms with Gasteiger partial charge in [0, 0.05) is 16.5 Å². The molecule has 0 aliphatic carbocycles. The average Bonchev–Trinajstić information content (AvgIpc) is 2.43. The van der Waals surface area contributed by atoms with Crippen LogP contribution in [0.15, 0.2) is 53.0 Å². The van der Waals surface area contributed by atoms with E-state index < -0.39 is 0 Å². The van der Waals surface area contributed by atoms with Crippen LogP contribution in [0.1, 0.15) is 34.3 Å². The normalized spacial score (nSPS) is 10.4. The Bertz CT molecular complexity index is 561. The Morgan fingerprint density at radius 1 is 1.05 bits per heavy atom. The highest BCUT2D eigenvalue weighted by atomic mass is 79.9. The van der Waals surface area contributed by atoms with Gasteiger partial charge in [0.05, 0.1) is 0 Å². The topological polar surface area (TPSA) is 17.1 Å². The fourth-order valence-corrected chi connectivity index (χ4v) is 2.51. The highest BCUT2D eigenvalue weighted by molar-refractivity contribution is 9.10. The van der Waals surface area contributed by atoms with Crippen LogP contribution in [-0.2, 0) is 6.42 Å². The zero-order chi connectivity index (χ0) is 13.7. The molecule has 0 unspecified atom stereocenters. The molecule has 0 saturated heterocycles. The van der Waals surface area contributed by atoms with E-state index in [9.17, 15) is 4.79 Å². The van der Waals surface area contributed by atoms with Gasteiger partial charge < -0.3 is 0 Å².